The second kappa shape index (κ2) is 3.93. The Morgan fingerprint density at radius 2 is 2.30 bits per heavy atom. The summed E-state index contributed by atoms with van der Waals surface area (Å²) in [4.78, 5) is 9.96. The number of hydrogen-bond donors (Lipinski definition) is 1. The van der Waals surface area contributed by atoms with E-state index >= 15 is 0 Å². The first-order chi connectivity index (χ1) is 10.9. The summed E-state index contributed by atoms with van der Waals surface area (Å²) < 4.78 is 19.3. The van der Waals surface area contributed by atoms with Gasteiger partial charge in [0.15, 0.2) is 10.2 Å². The van der Waals surface area contributed by atoms with Gasteiger partial charge in [0.25, 0.3) is 0 Å². The van der Waals surface area contributed by atoms with Crippen molar-refractivity contribution in [3.05, 3.63) is 24.3 Å². The van der Waals surface area contributed by atoms with Crippen molar-refractivity contribution in [1.29, 1.82) is 0 Å². The summed E-state index contributed by atoms with van der Waals surface area (Å²) in [5.41, 5.74) is 0.991. The van der Waals surface area contributed by atoms with Crippen LogP contribution in [-0.4, -0.2) is 50.0 Å². The molecule has 0 aliphatic carbocycles. The zero-order chi connectivity index (χ0) is 16.0. The van der Waals surface area contributed by atoms with Crippen LogP contribution in [-0.2, 0) is 4.74 Å². The molecule has 8 heteroatoms. The average molecular weight is 353 g/mol. The van der Waals surface area contributed by atoms with Crippen LogP contribution in [0.25, 0.3) is 10.6 Å². The molecule has 5 rings (SSSR count). The number of anilines is 1. The van der Waals surface area contributed by atoms with E-state index in [1.165, 1.54) is 29.6 Å². The minimum absolute atomic E-state index is 0.0449. The maximum absolute atomic E-state index is 13.3. The van der Waals surface area contributed by atoms with Crippen LogP contribution >= 0.6 is 20.1 Å². The van der Waals surface area contributed by atoms with Gasteiger partial charge in [-0.15, -0.1) is 0 Å². The number of pyridine rings is 1. The third-order valence-corrected chi connectivity index (χ3v) is 12.8. The van der Waals surface area contributed by atoms with Gasteiger partial charge in [0.1, 0.15) is 10.8 Å². The minimum atomic E-state index is -1.48. The van der Waals surface area contributed by atoms with Gasteiger partial charge in [-0.05, 0) is 24.5 Å². The van der Waals surface area contributed by atoms with E-state index < -0.39 is 14.6 Å². The quantitative estimate of drug-likeness (QED) is 0.664. The number of nitrogens with zero attached hydrogens (tertiary/aromatic N) is 3. The van der Waals surface area contributed by atoms with Gasteiger partial charge in [-0.25, -0.2) is 4.39 Å². The summed E-state index contributed by atoms with van der Waals surface area (Å²) in [6, 6.07) is 1.37. The van der Waals surface area contributed by atoms with Gasteiger partial charge in [0.05, 0.1) is 11.6 Å². The highest BCUT2D eigenvalue weighted by molar-refractivity contribution is 8.55. The average Bonchev–Trinajstić information content (AvgIpc) is 2.89. The minimum Gasteiger partial charge on any atom is -0.491 e. The largest absolute Gasteiger partial charge is 0.491 e. The van der Waals surface area contributed by atoms with Gasteiger partial charge in [-0.3, -0.25) is 4.98 Å². The predicted molar refractivity (Wildman–Crippen MR) is 92.0 cm³/mol. The van der Waals surface area contributed by atoms with E-state index in [9.17, 15) is 9.50 Å². The highest BCUT2D eigenvalue weighted by Gasteiger charge is 2.76. The number of thiazole rings is 1. The molecule has 0 bridgehead atoms. The van der Waals surface area contributed by atoms with E-state index in [1.54, 1.807) is 6.20 Å². The first-order valence-electron chi connectivity index (χ1n) is 7.37. The van der Waals surface area contributed by atoms with Crippen LogP contribution in [0.4, 0.5) is 9.39 Å². The monoisotopic (exact) mass is 353 g/mol. The molecule has 23 heavy (non-hydrogen) atoms. The normalized spacial score (nSPS) is 30.0. The lowest BCUT2D eigenvalue weighted by atomic mass is 10.3. The molecule has 2 atom stereocenters. The lowest BCUT2D eigenvalue weighted by molar-refractivity contribution is 0.231. The molecule has 0 amide bonds. The van der Waals surface area contributed by atoms with Crippen molar-refractivity contribution in [3.8, 4) is 16.5 Å². The number of aromatic hydroxyl groups is 1. The molecule has 0 saturated carbocycles. The number of ether oxygens (including phenoxy) is 1. The van der Waals surface area contributed by atoms with E-state index in [-0.39, 0.29) is 5.88 Å². The molecule has 0 aromatic carbocycles. The van der Waals surface area contributed by atoms with Gasteiger partial charge >= 0.3 is 0 Å². The number of aromatic nitrogens is 2. The van der Waals surface area contributed by atoms with E-state index in [0.29, 0.717) is 21.0 Å². The van der Waals surface area contributed by atoms with Crippen molar-refractivity contribution in [1.82, 2.24) is 9.97 Å². The number of rotatable bonds is 2. The van der Waals surface area contributed by atoms with E-state index in [1.807, 2.05) is 11.9 Å². The third-order valence-electron chi connectivity index (χ3n) is 5.48. The molecule has 0 radical (unpaired) electrons. The topological polar surface area (TPSA) is 58.5 Å². The molecular formula is C15H16FN3O2S2. The third kappa shape index (κ3) is 1.49. The second-order valence-corrected chi connectivity index (χ2v) is 13.2. The van der Waals surface area contributed by atoms with Crippen molar-refractivity contribution in [2.75, 3.05) is 24.0 Å². The van der Waals surface area contributed by atoms with E-state index in [2.05, 4.69) is 16.2 Å². The lowest BCUT2D eigenvalue weighted by Crippen LogP contribution is -2.52. The lowest BCUT2D eigenvalue weighted by Gasteiger charge is -2.57. The van der Waals surface area contributed by atoms with Crippen LogP contribution in [0.5, 0.6) is 5.88 Å². The molecule has 1 N–H and O–H groups in total. The maximum atomic E-state index is 13.3. The summed E-state index contributed by atoms with van der Waals surface area (Å²) in [6.45, 7) is 0. The Bertz CT molecular complexity index is 941. The summed E-state index contributed by atoms with van der Waals surface area (Å²) in [7, 11) is 0.437. The maximum Gasteiger partial charge on any atom is 0.247 e. The molecule has 2 aromatic heterocycles. The van der Waals surface area contributed by atoms with Crippen LogP contribution in [0.2, 0.25) is 0 Å². The highest BCUT2D eigenvalue weighted by Crippen LogP contribution is 2.92. The number of halogens is 1. The highest BCUT2D eigenvalue weighted by atomic mass is 32.3. The Kier molecular flexibility index (Phi) is 2.37. The van der Waals surface area contributed by atoms with Crippen LogP contribution in [0.1, 0.15) is 6.42 Å². The van der Waals surface area contributed by atoms with E-state index in [4.69, 9.17) is 4.74 Å². The van der Waals surface area contributed by atoms with Crippen molar-refractivity contribution < 1.29 is 14.2 Å². The zero-order valence-electron chi connectivity index (χ0n) is 12.7. The first kappa shape index (κ1) is 13.9. The molecule has 1 spiro atoms. The molecule has 3 aliphatic rings. The summed E-state index contributed by atoms with van der Waals surface area (Å²) >= 11 is 1.32. The fraction of sp³-hybridized carbons (Fsp3) is 0.400. The fourth-order valence-corrected chi connectivity index (χ4v) is 10.7. The van der Waals surface area contributed by atoms with E-state index in [0.717, 1.165) is 16.6 Å². The van der Waals surface area contributed by atoms with Gasteiger partial charge in [-0.2, -0.15) is 13.7 Å². The standard InChI is InChI=1S/C15H16FN3O2S2/c1-19(15-21-11-4-10-7-23(10,11,15)2)14-12(20)18-13(22-14)8-3-9(16)6-17-5-8/h3,5-6,10-11,20H,4,7H2,1-2H3. The Hall–Kier alpha value is -1.51. The predicted octanol–water partition coefficient (Wildman–Crippen LogP) is 2.69. The Labute approximate surface area is 136 Å². The molecule has 3 aliphatic heterocycles. The van der Waals surface area contributed by atoms with Crippen molar-refractivity contribution in [3.63, 3.8) is 0 Å². The van der Waals surface area contributed by atoms with Crippen LogP contribution in [0, 0.1) is 5.82 Å². The molecule has 5 heterocycles. The molecule has 2 saturated heterocycles. The van der Waals surface area contributed by atoms with Gasteiger partial charge in [-0.1, -0.05) is 11.3 Å². The van der Waals surface area contributed by atoms with Crippen molar-refractivity contribution >= 4 is 30.3 Å². The van der Waals surface area contributed by atoms with Crippen molar-refractivity contribution in [2.24, 2.45) is 0 Å². The zero-order valence-corrected chi connectivity index (χ0v) is 14.3. The smallest absolute Gasteiger partial charge is 0.247 e. The molecule has 5 nitrogen and oxygen atoms in total. The van der Waals surface area contributed by atoms with Crippen LogP contribution in [0.3, 0.4) is 0 Å². The molecule has 2 aromatic rings. The van der Waals surface area contributed by atoms with Crippen molar-refractivity contribution in [2.45, 2.75) is 17.1 Å². The Balaban J connectivity index is 1.56. The van der Waals surface area contributed by atoms with Gasteiger partial charge in [0.2, 0.25) is 5.88 Å². The summed E-state index contributed by atoms with van der Waals surface area (Å²) in [5, 5.41) is 13.3. The molecule has 122 valence electrons. The first-order valence-corrected chi connectivity index (χ1v) is 10.9. The van der Waals surface area contributed by atoms with Crippen LogP contribution in [0.15, 0.2) is 18.5 Å². The molecule has 2 fully saturated rings. The number of hydrogen-bond acceptors (Lipinski definition) is 6. The SMILES string of the molecule is CN(C1=S23(C)CC2CC3O1)c1sc(-c2cncc(F)c2)nc1O. The molecular weight excluding hydrogens is 337 g/mol. The summed E-state index contributed by atoms with van der Waals surface area (Å²) in [5.74, 6) is 0.803. The molecule has 2 unspecified atom stereocenters. The Morgan fingerprint density at radius 1 is 1.48 bits per heavy atom. The second-order valence-electron chi connectivity index (χ2n) is 6.75. The fourth-order valence-electron chi connectivity index (χ4n) is 3.92. The van der Waals surface area contributed by atoms with Crippen LogP contribution < -0.4 is 4.90 Å². The van der Waals surface area contributed by atoms with Gasteiger partial charge in [0, 0.05) is 24.1 Å². The summed E-state index contributed by atoms with van der Waals surface area (Å²) in [6.07, 6.45) is 6.26. The Morgan fingerprint density at radius 3 is 2.96 bits per heavy atom. The van der Waals surface area contributed by atoms with Gasteiger partial charge < -0.3 is 14.7 Å².